The van der Waals surface area contributed by atoms with Gasteiger partial charge in [0.15, 0.2) is 5.82 Å². The Morgan fingerprint density at radius 3 is 2.47 bits per heavy atom. The van der Waals surface area contributed by atoms with E-state index in [0.29, 0.717) is 23.2 Å². The van der Waals surface area contributed by atoms with E-state index in [1.807, 2.05) is 18.2 Å². The molecule has 2 aliphatic rings. The average Bonchev–Trinajstić information content (AvgIpc) is 3.63. The highest BCUT2D eigenvalue weighted by Gasteiger charge is 2.37. The molecule has 6 rings (SSSR count). The Balaban J connectivity index is 1.32. The topological polar surface area (TPSA) is 135 Å². The number of benzene rings is 3. The molecule has 1 saturated heterocycles. The summed E-state index contributed by atoms with van der Waals surface area (Å²) < 4.78 is 22.0. The second-order valence-corrected chi connectivity index (χ2v) is 13.1. The molecule has 2 amide bonds. The van der Waals surface area contributed by atoms with Crippen molar-refractivity contribution in [3.8, 4) is 5.69 Å². The zero-order valence-corrected chi connectivity index (χ0v) is 28.1. The quantitative estimate of drug-likeness (QED) is 0.211. The number of carbonyl (C=O) groups is 3. The fraction of sp³-hybridized carbons (Fsp3) is 0.314. The molecule has 1 aromatic heterocycles. The maximum atomic E-state index is 15.3. The summed E-state index contributed by atoms with van der Waals surface area (Å²) in [5, 5.41) is 17.2. The number of anilines is 2. The maximum absolute atomic E-state index is 15.3. The Hall–Kier alpha value is -5.14. The summed E-state index contributed by atoms with van der Waals surface area (Å²) in [7, 11) is 0. The Morgan fingerprint density at radius 1 is 1.02 bits per heavy atom. The van der Waals surface area contributed by atoms with E-state index in [0.717, 1.165) is 37.4 Å². The van der Waals surface area contributed by atoms with Crippen LogP contribution < -0.4 is 15.5 Å². The number of nitrogens with zero attached hydrogens (tertiary/aromatic N) is 6. The molecule has 0 spiro atoms. The molecule has 49 heavy (non-hydrogen) atoms. The highest BCUT2D eigenvalue weighted by atomic mass is 35.5. The van der Waals surface area contributed by atoms with Gasteiger partial charge in [0.2, 0.25) is 5.91 Å². The molecule has 3 aromatic carbocycles. The third-order valence-electron chi connectivity index (χ3n) is 8.27. The number of rotatable bonds is 7. The molecule has 1 fully saturated rings. The standard InChI is InChI=1S/C35H36ClFN8O4/c1-35(2,3)49-34(48)22-7-9-23(10-8-22)40-33(47)32-25-5-4-6-28(43-19-16-38-17-20-43)24(25)15-18-44(32)30(46)14-11-26-29(45-21-39-41-42-45)13-12-27(36)31(26)37/h4-14,21,32,38H,15-20H2,1-3H3,(H,40,47)/b14-11+. The molecular formula is C35H36ClFN8O4. The maximum Gasteiger partial charge on any atom is 0.338 e. The van der Waals surface area contributed by atoms with E-state index >= 15 is 4.39 Å². The van der Waals surface area contributed by atoms with Crippen LogP contribution in [-0.2, 0) is 20.7 Å². The predicted octanol–water partition coefficient (Wildman–Crippen LogP) is 4.60. The number of amides is 2. The van der Waals surface area contributed by atoms with Crippen molar-refractivity contribution in [3.63, 3.8) is 0 Å². The van der Waals surface area contributed by atoms with Gasteiger partial charge in [-0.15, -0.1) is 5.10 Å². The number of hydrogen-bond donors (Lipinski definition) is 2. The summed E-state index contributed by atoms with van der Waals surface area (Å²) in [5.41, 5.74) is 3.16. The first-order chi connectivity index (χ1) is 23.5. The Bertz CT molecular complexity index is 1890. The van der Waals surface area contributed by atoms with Crippen LogP contribution >= 0.6 is 11.6 Å². The van der Waals surface area contributed by atoms with Crippen LogP contribution in [0.1, 0.15) is 53.9 Å². The highest BCUT2D eigenvalue weighted by molar-refractivity contribution is 6.31. The molecule has 3 heterocycles. The summed E-state index contributed by atoms with van der Waals surface area (Å²) in [6.07, 6.45) is 4.37. The van der Waals surface area contributed by atoms with Crippen molar-refractivity contribution in [2.75, 3.05) is 42.9 Å². The highest BCUT2D eigenvalue weighted by Crippen LogP contribution is 2.37. The summed E-state index contributed by atoms with van der Waals surface area (Å²) in [6, 6.07) is 14.1. The lowest BCUT2D eigenvalue weighted by atomic mass is 9.89. The molecule has 1 unspecified atom stereocenters. The van der Waals surface area contributed by atoms with Gasteiger partial charge in [-0.05, 0) is 97.3 Å². The summed E-state index contributed by atoms with van der Waals surface area (Å²) in [5.74, 6) is -2.16. The number of aromatic nitrogens is 4. The number of nitrogens with one attached hydrogen (secondary N) is 2. The van der Waals surface area contributed by atoms with Crippen molar-refractivity contribution in [2.24, 2.45) is 0 Å². The molecular weight excluding hydrogens is 651 g/mol. The summed E-state index contributed by atoms with van der Waals surface area (Å²) in [6.45, 7) is 8.92. The van der Waals surface area contributed by atoms with Crippen molar-refractivity contribution in [3.05, 3.63) is 100 Å². The number of piperazine rings is 1. The van der Waals surface area contributed by atoms with Crippen LogP contribution in [0.2, 0.25) is 5.02 Å². The van der Waals surface area contributed by atoms with Crippen LogP contribution in [0.5, 0.6) is 0 Å². The molecule has 0 aliphatic carbocycles. The van der Waals surface area contributed by atoms with E-state index < -0.39 is 35.2 Å². The van der Waals surface area contributed by atoms with Gasteiger partial charge in [0.05, 0.1) is 16.3 Å². The van der Waals surface area contributed by atoms with E-state index in [1.165, 1.54) is 34.1 Å². The molecule has 254 valence electrons. The van der Waals surface area contributed by atoms with Gasteiger partial charge in [-0.2, -0.15) is 4.68 Å². The molecule has 4 aromatic rings. The van der Waals surface area contributed by atoms with Gasteiger partial charge in [0.1, 0.15) is 18.0 Å². The summed E-state index contributed by atoms with van der Waals surface area (Å²) in [4.78, 5) is 44.4. The number of ether oxygens (including phenoxy) is 1. The van der Waals surface area contributed by atoms with E-state index in [4.69, 9.17) is 16.3 Å². The Labute approximate surface area is 287 Å². The largest absolute Gasteiger partial charge is 0.456 e. The molecule has 1 atom stereocenters. The van der Waals surface area contributed by atoms with Crippen LogP contribution in [0, 0.1) is 5.82 Å². The monoisotopic (exact) mass is 686 g/mol. The number of carbonyl (C=O) groups excluding carboxylic acids is 3. The zero-order valence-electron chi connectivity index (χ0n) is 27.3. The van der Waals surface area contributed by atoms with Gasteiger partial charge in [0.25, 0.3) is 5.91 Å². The van der Waals surface area contributed by atoms with Gasteiger partial charge in [0, 0.05) is 55.7 Å². The average molecular weight is 687 g/mol. The number of esters is 1. The molecule has 0 radical (unpaired) electrons. The van der Waals surface area contributed by atoms with Crippen LogP contribution in [0.25, 0.3) is 11.8 Å². The lowest BCUT2D eigenvalue weighted by Gasteiger charge is -2.39. The van der Waals surface area contributed by atoms with Crippen molar-refractivity contribution >= 4 is 46.8 Å². The van der Waals surface area contributed by atoms with Crippen molar-refractivity contribution in [2.45, 2.75) is 38.8 Å². The molecule has 14 heteroatoms. The van der Waals surface area contributed by atoms with Gasteiger partial charge < -0.3 is 25.2 Å². The lowest BCUT2D eigenvalue weighted by molar-refractivity contribution is -0.135. The number of tetrazole rings is 1. The summed E-state index contributed by atoms with van der Waals surface area (Å²) >= 11 is 6.09. The van der Waals surface area contributed by atoms with Crippen molar-refractivity contribution in [1.29, 1.82) is 0 Å². The fourth-order valence-electron chi connectivity index (χ4n) is 6.05. The zero-order chi connectivity index (χ0) is 34.7. The van der Waals surface area contributed by atoms with Gasteiger partial charge >= 0.3 is 5.97 Å². The minimum absolute atomic E-state index is 0.0117. The molecule has 0 saturated carbocycles. The number of fused-ring (bicyclic) bond motifs is 1. The first-order valence-electron chi connectivity index (χ1n) is 15.9. The van der Waals surface area contributed by atoms with Crippen LogP contribution in [-0.4, -0.2) is 81.2 Å². The SMILES string of the molecule is CC(C)(C)OC(=O)c1ccc(NC(=O)C2c3cccc(N4CCNCC4)c3CCN2C(=O)/C=C/c2c(-n3cnnn3)ccc(Cl)c2F)cc1. The van der Waals surface area contributed by atoms with Gasteiger partial charge in [-0.1, -0.05) is 23.7 Å². The van der Waals surface area contributed by atoms with E-state index in [2.05, 4.69) is 31.1 Å². The molecule has 2 N–H and O–H groups in total. The number of hydrogen-bond acceptors (Lipinski definition) is 9. The Kier molecular flexibility index (Phi) is 9.74. The smallest absolute Gasteiger partial charge is 0.338 e. The predicted molar refractivity (Wildman–Crippen MR) is 183 cm³/mol. The minimum atomic E-state index is -1.00. The van der Waals surface area contributed by atoms with Gasteiger partial charge in [-0.3, -0.25) is 9.59 Å². The van der Waals surface area contributed by atoms with Crippen molar-refractivity contribution < 1.29 is 23.5 Å². The normalized spacial score (nSPS) is 16.4. The second kappa shape index (κ2) is 14.1. The molecule has 2 aliphatic heterocycles. The van der Waals surface area contributed by atoms with Gasteiger partial charge in [-0.25, -0.2) is 9.18 Å². The Morgan fingerprint density at radius 2 is 1.78 bits per heavy atom. The second-order valence-electron chi connectivity index (χ2n) is 12.7. The van der Waals surface area contributed by atoms with E-state index in [-0.39, 0.29) is 22.8 Å². The first kappa shape index (κ1) is 33.7. The lowest BCUT2D eigenvalue weighted by Crippen LogP contribution is -2.47. The first-order valence-corrected chi connectivity index (χ1v) is 16.3. The van der Waals surface area contributed by atoms with Crippen molar-refractivity contribution in [1.82, 2.24) is 30.4 Å². The van der Waals surface area contributed by atoms with Crippen LogP contribution in [0.3, 0.4) is 0 Å². The minimum Gasteiger partial charge on any atom is -0.456 e. The molecule has 0 bridgehead atoms. The third-order valence-corrected chi connectivity index (χ3v) is 8.56. The fourth-order valence-corrected chi connectivity index (χ4v) is 6.21. The third kappa shape index (κ3) is 7.47. The molecule has 12 nitrogen and oxygen atoms in total. The van der Waals surface area contributed by atoms with E-state index in [1.54, 1.807) is 51.1 Å². The van der Waals surface area contributed by atoms with Crippen LogP contribution in [0.4, 0.5) is 15.8 Å². The van der Waals surface area contributed by atoms with Crippen LogP contribution in [0.15, 0.2) is 67.0 Å². The number of halogens is 2. The van der Waals surface area contributed by atoms with E-state index in [9.17, 15) is 14.4 Å².